The van der Waals surface area contributed by atoms with Crippen molar-refractivity contribution in [3.63, 3.8) is 0 Å². The number of ether oxygens (including phenoxy) is 1. The summed E-state index contributed by atoms with van der Waals surface area (Å²) in [5, 5.41) is 13.5. The Kier molecular flexibility index (Phi) is 6.34. The van der Waals surface area contributed by atoms with E-state index in [-0.39, 0.29) is 0 Å². The zero-order valence-corrected chi connectivity index (χ0v) is 11.1. The molecule has 0 saturated heterocycles. The summed E-state index contributed by atoms with van der Waals surface area (Å²) in [5.41, 5.74) is 0.978. The molecule has 0 amide bonds. The van der Waals surface area contributed by atoms with E-state index in [1.807, 2.05) is 19.1 Å². The average molecular weight is 258 g/mol. The van der Waals surface area contributed by atoms with Crippen LogP contribution in [0, 0.1) is 6.92 Å². The predicted molar refractivity (Wildman–Crippen MR) is 70.9 cm³/mol. The van der Waals surface area contributed by atoms with E-state index in [0.717, 1.165) is 24.3 Å². The summed E-state index contributed by atoms with van der Waals surface area (Å²) >= 11 is 5.85. The van der Waals surface area contributed by atoms with Crippen molar-refractivity contribution < 1.29 is 9.84 Å². The number of aryl methyl sites for hydroxylation is 1. The third-order valence-electron chi connectivity index (χ3n) is 2.37. The molecule has 0 aliphatic carbocycles. The van der Waals surface area contributed by atoms with Gasteiger partial charge in [0.25, 0.3) is 0 Å². The summed E-state index contributed by atoms with van der Waals surface area (Å²) in [6.45, 7) is 5.78. The average Bonchev–Trinajstić information content (AvgIpc) is 2.28. The summed E-state index contributed by atoms with van der Waals surface area (Å²) < 4.78 is 5.54. The molecule has 1 aromatic rings. The molecule has 1 atom stereocenters. The second-order valence-electron chi connectivity index (χ2n) is 4.08. The second kappa shape index (κ2) is 7.54. The molecule has 3 nitrogen and oxygen atoms in total. The molecule has 0 bridgehead atoms. The number of halogens is 1. The van der Waals surface area contributed by atoms with Gasteiger partial charge in [-0.25, -0.2) is 0 Å². The summed E-state index contributed by atoms with van der Waals surface area (Å²) in [7, 11) is 0. The van der Waals surface area contributed by atoms with E-state index in [9.17, 15) is 5.11 Å². The Hall–Kier alpha value is -0.770. The Morgan fingerprint density at radius 2 is 2.24 bits per heavy atom. The van der Waals surface area contributed by atoms with Crippen LogP contribution in [0.1, 0.15) is 18.9 Å². The quantitative estimate of drug-likeness (QED) is 0.737. The molecule has 0 aliphatic rings. The van der Waals surface area contributed by atoms with Crippen molar-refractivity contribution in [2.75, 3.05) is 19.7 Å². The van der Waals surface area contributed by atoms with E-state index in [4.69, 9.17) is 16.3 Å². The summed E-state index contributed by atoms with van der Waals surface area (Å²) in [4.78, 5) is 0. The van der Waals surface area contributed by atoms with Crippen molar-refractivity contribution in [3.8, 4) is 5.75 Å². The molecule has 1 rings (SSSR count). The lowest BCUT2D eigenvalue weighted by Crippen LogP contribution is -2.31. The molecule has 0 saturated carbocycles. The number of aliphatic hydroxyl groups is 1. The molecule has 1 aromatic carbocycles. The minimum atomic E-state index is -0.489. The Labute approximate surface area is 108 Å². The minimum absolute atomic E-state index is 0.291. The van der Waals surface area contributed by atoms with Crippen molar-refractivity contribution >= 4 is 11.6 Å². The molecule has 96 valence electrons. The topological polar surface area (TPSA) is 41.5 Å². The van der Waals surface area contributed by atoms with E-state index >= 15 is 0 Å². The van der Waals surface area contributed by atoms with Gasteiger partial charge < -0.3 is 15.2 Å². The molecular weight excluding hydrogens is 238 g/mol. The third-order valence-corrected chi connectivity index (χ3v) is 2.61. The lowest BCUT2D eigenvalue weighted by atomic mass is 10.2. The van der Waals surface area contributed by atoms with Gasteiger partial charge in [-0.05, 0) is 43.7 Å². The van der Waals surface area contributed by atoms with Gasteiger partial charge in [0.15, 0.2) is 0 Å². The molecule has 0 aliphatic heterocycles. The third kappa shape index (κ3) is 5.39. The van der Waals surface area contributed by atoms with Crippen LogP contribution in [0.4, 0.5) is 0 Å². The zero-order chi connectivity index (χ0) is 12.7. The number of hydrogen-bond acceptors (Lipinski definition) is 3. The maximum absolute atomic E-state index is 9.67. The van der Waals surface area contributed by atoms with Gasteiger partial charge in [0.05, 0.1) is 0 Å². The van der Waals surface area contributed by atoms with Crippen LogP contribution in [0.2, 0.25) is 5.02 Å². The first-order valence-electron chi connectivity index (χ1n) is 5.91. The first-order chi connectivity index (χ1) is 8.13. The number of rotatable bonds is 7. The molecule has 4 heteroatoms. The van der Waals surface area contributed by atoms with E-state index in [1.165, 1.54) is 0 Å². The molecule has 2 N–H and O–H groups in total. The molecular formula is C13H20ClNO2. The molecule has 0 fully saturated rings. The van der Waals surface area contributed by atoms with Crippen LogP contribution < -0.4 is 10.1 Å². The highest BCUT2D eigenvalue weighted by Crippen LogP contribution is 2.21. The Balaban J connectivity index is 2.34. The van der Waals surface area contributed by atoms with Crippen LogP contribution in [0.5, 0.6) is 5.75 Å². The Morgan fingerprint density at radius 3 is 2.88 bits per heavy atom. The van der Waals surface area contributed by atoms with Crippen LogP contribution in [0.15, 0.2) is 18.2 Å². The largest absolute Gasteiger partial charge is 0.491 e. The van der Waals surface area contributed by atoms with Crippen LogP contribution in [0.25, 0.3) is 0 Å². The number of aliphatic hydroxyl groups excluding tert-OH is 1. The predicted octanol–water partition coefficient (Wildman–Crippen LogP) is 2.39. The smallest absolute Gasteiger partial charge is 0.122 e. The number of nitrogens with one attached hydrogen (secondary N) is 1. The monoisotopic (exact) mass is 257 g/mol. The Morgan fingerprint density at radius 1 is 1.47 bits per heavy atom. The molecule has 0 radical (unpaired) electrons. The highest BCUT2D eigenvalue weighted by Gasteiger charge is 2.06. The SMILES string of the molecule is CCCNCC(O)COc1ccc(Cl)cc1C. The van der Waals surface area contributed by atoms with Gasteiger partial charge in [0, 0.05) is 11.6 Å². The number of hydrogen-bond donors (Lipinski definition) is 2. The van der Waals surface area contributed by atoms with Gasteiger partial charge in [-0.15, -0.1) is 0 Å². The normalized spacial score (nSPS) is 12.5. The van der Waals surface area contributed by atoms with Crippen LogP contribution in [-0.4, -0.2) is 30.9 Å². The van der Waals surface area contributed by atoms with Crippen molar-refractivity contribution in [1.82, 2.24) is 5.32 Å². The summed E-state index contributed by atoms with van der Waals surface area (Å²) in [5.74, 6) is 0.768. The van der Waals surface area contributed by atoms with Crippen molar-refractivity contribution in [2.45, 2.75) is 26.4 Å². The molecule has 0 aromatic heterocycles. The van der Waals surface area contributed by atoms with Gasteiger partial charge in [0.1, 0.15) is 18.5 Å². The standard InChI is InChI=1S/C13H20ClNO2/c1-3-6-15-8-12(16)9-17-13-5-4-11(14)7-10(13)2/h4-5,7,12,15-16H,3,6,8-9H2,1-2H3. The second-order valence-corrected chi connectivity index (χ2v) is 4.52. The summed E-state index contributed by atoms with van der Waals surface area (Å²) in [6.07, 6.45) is 0.570. The van der Waals surface area contributed by atoms with Gasteiger partial charge in [-0.1, -0.05) is 18.5 Å². The molecule has 0 heterocycles. The fourth-order valence-corrected chi connectivity index (χ4v) is 1.69. The summed E-state index contributed by atoms with van der Waals surface area (Å²) in [6, 6.07) is 5.45. The van der Waals surface area contributed by atoms with Crippen LogP contribution in [0.3, 0.4) is 0 Å². The van der Waals surface area contributed by atoms with E-state index in [0.29, 0.717) is 18.2 Å². The van der Waals surface area contributed by atoms with Gasteiger partial charge >= 0.3 is 0 Å². The maximum Gasteiger partial charge on any atom is 0.122 e. The van der Waals surface area contributed by atoms with E-state index in [2.05, 4.69) is 12.2 Å². The van der Waals surface area contributed by atoms with Crippen molar-refractivity contribution in [3.05, 3.63) is 28.8 Å². The van der Waals surface area contributed by atoms with Crippen molar-refractivity contribution in [2.24, 2.45) is 0 Å². The zero-order valence-electron chi connectivity index (χ0n) is 10.4. The highest BCUT2D eigenvalue weighted by atomic mass is 35.5. The molecule has 17 heavy (non-hydrogen) atoms. The van der Waals surface area contributed by atoms with Gasteiger partial charge in [-0.3, -0.25) is 0 Å². The lowest BCUT2D eigenvalue weighted by Gasteiger charge is -2.14. The lowest BCUT2D eigenvalue weighted by molar-refractivity contribution is 0.106. The molecule has 0 spiro atoms. The van der Waals surface area contributed by atoms with E-state index in [1.54, 1.807) is 6.07 Å². The maximum atomic E-state index is 9.67. The first kappa shape index (κ1) is 14.3. The fraction of sp³-hybridized carbons (Fsp3) is 0.538. The minimum Gasteiger partial charge on any atom is -0.491 e. The first-order valence-corrected chi connectivity index (χ1v) is 6.29. The van der Waals surface area contributed by atoms with E-state index < -0.39 is 6.10 Å². The Bertz CT molecular complexity index is 344. The fourth-order valence-electron chi connectivity index (χ4n) is 1.47. The van der Waals surface area contributed by atoms with Gasteiger partial charge in [-0.2, -0.15) is 0 Å². The van der Waals surface area contributed by atoms with Crippen molar-refractivity contribution in [1.29, 1.82) is 0 Å². The number of benzene rings is 1. The van der Waals surface area contributed by atoms with Gasteiger partial charge in [0.2, 0.25) is 0 Å². The van der Waals surface area contributed by atoms with Crippen LogP contribution >= 0.6 is 11.6 Å². The molecule has 1 unspecified atom stereocenters. The van der Waals surface area contributed by atoms with Crippen LogP contribution in [-0.2, 0) is 0 Å². The highest BCUT2D eigenvalue weighted by molar-refractivity contribution is 6.30.